The van der Waals surface area contributed by atoms with E-state index < -0.39 is 18.9 Å². The highest BCUT2D eigenvalue weighted by atomic mass is 16.7. The van der Waals surface area contributed by atoms with Crippen molar-refractivity contribution in [2.45, 2.75) is 13.5 Å². The molecule has 8 nitrogen and oxygen atoms in total. The normalized spacial score (nSPS) is 10.5. The van der Waals surface area contributed by atoms with Crippen molar-refractivity contribution in [3.63, 3.8) is 0 Å². The van der Waals surface area contributed by atoms with Gasteiger partial charge in [-0.2, -0.15) is 5.26 Å². The van der Waals surface area contributed by atoms with Crippen LogP contribution >= 0.6 is 0 Å². The van der Waals surface area contributed by atoms with Gasteiger partial charge >= 0.3 is 12.1 Å². The van der Waals surface area contributed by atoms with E-state index in [1.807, 2.05) is 18.2 Å². The highest BCUT2D eigenvalue weighted by Crippen LogP contribution is 2.12. The highest BCUT2D eigenvalue weighted by molar-refractivity contribution is 5.70. The minimum absolute atomic E-state index is 0.352. The molecule has 0 atom stereocenters. The number of aromatic nitrogens is 1. The van der Waals surface area contributed by atoms with Crippen LogP contribution in [0, 0.1) is 11.3 Å². The van der Waals surface area contributed by atoms with Gasteiger partial charge in [-0.1, -0.05) is 0 Å². The standard InChI is InChI=1S/C14H18N4O4/c1-11(19)21-10-22-14(20)18(3)13(6-7-15)17(2)9-12-5-4-8-16-12/h4-6,8,16H,9-10H2,1-3H3/b13-6+. The second kappa shape index (κ2) is 8.36. The predicted molar refractivity (Wildman–Crippen MR) is 76.8 cm³/mol. The third-order valence-corrected chi connectivity index (χ3v) is 2.72. The number of nitriles is 1. The van der Waals surface area contributed by atoms with Gasteiger partial charge in [-0.25, -0.2) is 4.79 Å². The van der Waals surface area contributed by atoms with Crippen molar-refractivity contribution in [1.29, 1.82) is 5.26 Å². The Morgan fingerprint density at radius 1 is 1.41 bits per heavy atom. The van der Waals surface area contributed by atoms with Gasteiger partial charge in [-0.05, 0) is 12.1 Å². The number of nitrogens with zero attached hydrogens (tertiary/aromatic N) is 3. The van der Waals surface area contributed by atoms with E-state index in [9.17, 15) is 9.59 Å². The van der Waals surface area contributed by atoms with Gasteiger partial charge in [-0.15, -0.1) is 0 Å². The maximum Gasteiger partial charge on any atom is 0.418 e. The third-order valence-electron chi connectivity index (χ3n) is 2.72. The van der Waals surface area contributed by atoms with E-state index in [1.54, 1.807) is 18.1 Å². The van der Waals surface area contributed by atoms with Crippen LogP contribution in [0.2, 0.25) is 0 Å². The largest absolute Gasteiger partial charge is 0.428 e. The molecule has 1 aromatic heterocycles. The molecule has 0 bridgehead atoms. The smallest absolute Gasteiger partial charge is 0.418 e. The van der Waals surface area contributed by atoms with Crippen LogP contribution in [-0.4, -0.2) is 47.7 Å². The number of carbonyl (C=O) groups is 2. The minimum Gasteiger partial charge on any atom is -0.428 e. The lowest BCUT2D eigenvalue weighted by molar-refractivity contribution is -0.149. The quantitative estimate of drug-likeness (QED) is 0.484. The number of aromatic amines is 1. The van der Waals surface area contributed by atoms with Crippen LogP contribution in [0.3, 0.4) is 0 Å². The molecule has 8 heteroatoms. The van der Waals surface area contributed by atoms with Gasteiger partial charge in [0.05, 0.1) is 18.7 Å². The van der Waals surface area contributed by atoms with Crippen LogP contribution in [0.25, 0.3) is 0 Å². The molecule has 118 valence electrons. The van der Waals surface area contributed by atoms with E-state index >= 15 is 0 Å². The summed E-state index contributed by atoms with van der Waals surface area (Å²) in [6, 6.07) is 5.63. The van der Waals surface area contributed by atoms with Gasteiger partial charge in [0.15, 0.2) is 0 Å². The molecule has 0 aliphatic carbocycles. The van der Waals surface area contributed by atoms with E-state index in [0.29, 0.717) is 12.4 Å². The molecule has 0 saturated heterocycles. The van der Waals surface area contributed by atoms with Crippen molar-refractivity contribution in [2.75, 3.05) is 20.9 Å². The summed E-state index contributed by atoms with van der Waals surface area (Å²) in [5, 5.41) is 8.88. The molecule has 1 N–H and O–H groups in total. The number of rotatable bonds is 6. The summed E-state index contributed by atoms with van der Waals surface area (Å²) in [4.78, 5) is 28.4. The zero-order chi connectivity index (χ0) is 16.5. The number of hydrogen-bond acceptors (Lipinski definition) is 6. The number of hydrogen-bond donors (Lipinski definition) is 1. The van der Waals surface area contributed by atoms with E-state index in [4.69, 9.17) is 10.00 Å². The molecule has 0 aliphatic rings. The topological polar surface area (TPSA) is 98.7 Å². The number of allylic oxidation sites excluding steroid dienone is 1. The van der Waals surface area contributed by atoms with Crippen LogP contribution in [0.1, 0.15) is 12.6 Å². The van der Waals surface area contributed by atoms with Gasteiger partial charge in [0, 0.05) is 32.9 Å². The summed E-state index contributed by atoms with van der Waals surface area (Å²) in [7, 11) is 3.20. The van der Waals surface area contributed by atoms with Crippen LogP contribution in [-0.2, 0) is 20.8 Å². The zero-order valence-electron chi connectivity index (χ0n) is 12.7. The first-order chi connectivity index (χ1) is 10.5. The van der Waals surface area contributed by atoms with Crippen molar-refractivity contribution in [3.05, 3.63) is 35.9 Å². The molecule has 22 heavy (non-hydrogen) atoms. The molecule has 0 saturated carbocycles. The first kappa shape index (κ1) is 17.1. The van der Waals surface area contributed by atoms with Crippen molar-refractivity contribution >= 4 is 12.1 Å². The Bertz CT molecular complexity index is 574. The Kier molecular flexibility index (Phi) is 6.50. The van der Waals surface area contributed by atoms with Gasteiger partial charge < -0.3 is 19.4 Å². The van der Waals surface area contributed by atoms with Crippen molar-refractivity contribution < 1.29 is 19.1 Å². The molecule has 1 rings (SSSR count). The molecule has 1 amide bonds. The lowest BCUT2D eigenvalue weighted by Gasteiger charge is -2.28. The van der Waals surface area contributed by atoms with E-state index in [0.717, 1.165) is 10.6 Å². The first-order valence-electron chi connectivity index (χ1n) is 6.42. The zero-order valence-corrected chi connectivity index (χ0v) is 12.7. The summed E-state index contributed by atoms with van der Waals surface area (Å²) in [5.74, 6) is -0.197. The summed E-state index contributed by atoms with van der Waals surface area (Å²) in [6.07, 6.45) is 2.28. The van der Waals surface area contributed by atoms with Gasteiger partial charge in [-0.3, -0.25) is 9.69 Å². The van der Waals surface area contributed by atoms with Crippen molar-refractivity contribution in [3.8, 4) is 6.07 Å². The van der Waals surface area contributed by atoms with Gasteiger partial charge in [0.1, 0.15) is 5.82 Å². The molecule has 0 unspecified atom stereocenters. The first-order valence-corrected chi connectivity index (χ1v) is 6.42. The molecule has 1 heterocycles. The van der Waals surface area contributed by atoms with E-state index in [2.05, 4.69) is 9.72 Å². The van der Waals surface area contributed by atoms with Crippen LogP contribution in [0.5, 0.6) is 0 Å². The molecule has 0 aliphatic heterocycles. The maximum atomic E-state index is 11.9. The Morgan fingerprint density at radius 3 is 2.68 bits per heavy atom. The third kappa shape index (κ3) is 5.20. The monoisotopic (exact) mass is 306 g/mol. The maximum absolute atomic E-state index is 11.9. The number of carbonyl (C=O) groups excluding carboxylic acids is 2. The summed E-state index contributed by atoms with van der Waals surface area (Å²) < 4.78 is 9.32. The Morgan fingerprint density at radius 2 is 2.14 bits per heavy atom. The van der Waals surface area contributed by atoms with Gasteiger partial charge in [0.2, 0.25) is 6.79 Å². The minimum atomic E-state index is -0.735. The van der Waals surface area contributed by atoms with E-state index in [-0.39, 0.29) is 0 Å². The number of nitrogens with one attached hydrogen (secondary N) is 1. The molecule has 0 aromatic carbocycles. The molecular weight excluding hydrogens is 288 g/mol. The van der Waals surface area contributed by atoms with Crippen molar-refractivity contribution in [2.24, 2.45) is 0 Å². The molecule has 0 radical (unpaired) electrons. The Labute approximate surface area is 128 Å². The Hall–Kier alpha value is -2.95. The summed E-state index contributed by atoms with van der Waals surface area (Å²) in [6.45, 7) is 1.21. The lowest BCUT2D eigenvalue weighted by Crippen LogP contribution is -2.35. The fourth-order valence-electron chi connectivity index (χ4n) is 1.68. The van der Waals surface area contributed by atoms with E-state index in [1.165, 1.54) is 20.0 Å². The predicted octanol–water partition coefficient (Wildman–Crippen LogP) is 1.40. The number of H-pyrrole nitrogens is 1. The molecule has 1 aromatic rings. The van der Waals surface area contributed by atoms with Crippen molar-refractivity contribution in [1.82, 2.24) is 14.8 Å². The molecule has 0 spiro atoms. The van der Waals surface area contributed by atoms with Crippen LogP contribution in [0.4, 0.5) is 4.79 Å². The fraction of sp³-hybridized carbons (Fsp3) is 0.357. The second-order valence-corrected chi connectivity index (χ2v) is 4.41. The number of esters is 1. The number of amides is 1. The number of ether oxygens (including phenoxy) is 2. The molecule has 0 fully saturated rings. The summed E-state index contributed by atoms with van der Waals surface area (Å²) >= 11 is 0. The highest BCUT2D eigenvalue weighted by Gasteiger charge is 2.19. The molecular formula is C14H18N4O4. The van der Waals surface area contributed by atoms with Crippen LogP contribution < -0.4 is 0 Å². The average Bonchev–Trinajstić information content (AvgIpc) is 2.96. The lowest BCUT2D eigenvalue weighted by atomic mass is 10.4. The average molecular weight is 306 g/mol. The fourth-order valence-corrected chi connectivity index (χ4v) is 1.68. The van der Waals surface area contributed by atoms with Gasteiger partial charge in [0.25, 0.3) is 0 Å². The SMILES string of the molecule is CC(=O)OCOC(=O)N(C)/C(=C/C#N)N(C)Cc1ccc[nH]1. The Balaban J connectivity index is 2.69. The van der Waals surface area contributed by atoms with Crippen LogP contribution in [0.15, 0.2) is 30.2 Å². The second-order valence-electron chi connectivity index (χ2n) is 4.41. The summed E-state index contributed by atoms with van der Waals surface area (Å²) in [5.41, 5.74) is 0.924.